The number of halogens is 1. The van der Waals surface area contributed by atoms with E-state index in [4.69, 9.17) is 11.6 Å². The third kappa shape index (κ3) is 2.93. The first-order valence-electron chi connectivity index (χ1n) is 5.86. The Labute approximate surface area is 115 Å². The smallest absolute Gasteiger partial charge is 0.231 e. The average molecular weight is 281 g/mol. The van der Waals surface area contributed by atoms with Crippen molar-refractivity contribution in [1.29, 1.82) is 0 Å². The van der Waals surface area contributed by atoms with E-state index >= 15 is 0 Å². The number of benzene rings is 1. The normalized spacial score (nSPS) is 14.9. The molecule has 0 aromatic heterocycles. The zero-order chi connectivity index (χ0) is 14.0. The van der Waals surface area contributed by atoms with Crippen LogP contribution in [-0.2, 0) is 14.4 Å². The number of carbonyl (C=O) groups is 3. The van der Waals surface area contributed by atoms with Gasteiger partial charge in [-0.1, -0.05) is 17.7 Å². The molecule has 1 saturated heterocycles. The second-order valence-corrected chi connectivity index (χ2v) is 4.72. The highest BCUT2D eigenvalue weighted by Gasteiger charge is 2.31. The Balaban J connectivity index is 2.24. The molecule has 100 valence electrons. The molecular formula is C13H13ClN2O3. The summed E-state index contributed by atoms with van der Waals surface area (Å²) in [7, 11) is 0. The monoisotopic (exact) mass is 280 g/mol. The van der Waals surface area contributed by atoms with E-state index in [1.807, 2.05) is 0 Å². The molecule has 0 N–H and O–H groups in total. The van der Waals surface area contributed by atoms with Crippen molar-refractivity contribution in [1.82, 2.24) is 4.90 Å². The van der Waals surface area contributed by atoms with Crippen LogP contribution in [0.25, 0.3) is 0 Å². The summed E-state index contributed by atoms with van der Waals surface area (Å²) in [5, 5.41) is 0.489. The summed E-state index contributed by atoms with van der Waals surface area (Å²) in [6.45, 7) is 1.32. The van der Waals surface area contributed by atoms with Gasteiger partial charge in [0.2, 0.25) is 17.7 Å². The van der Waals surface area contributed by atoms with Gasteiger partial charge in [0.25, 0.3) is 0 Å². The quantitative estimate of drug-likeness (QED) is 0.793. The van der Waals surface area contributed by atoms with E-state index < -0.39 is 0 Å². The van der Waals surface area contributed by atoms with Crippen molar-refractivity contribution < 1.29 is 14.4 Å². The predicted molar refractivity (Wildman–Crippen MR) is 70.6 cm³/mol. The van der Waals surface area contributed by atoms with Crippen molar-refractivity contribution in [2.45, 2.75) is 19.8 Å². The number of rotatable bonds is 3. The van der Waals surface area contributed by atoms with E-state index in [0.29, 0.717) is 10.7 Å². The number of nitrogens with zero attached hydrogens (tertiary/aromatic N) is 2. The van der Waals surface area contributed by atoms with Crippen molar-refractivity contribution in [3.63, 3.8) is 0 Å². The van der Waals surface area contributed by atoms with E-state index in [9.17, 15) is 14.4 Å². The molecule has 6 heteroatoms. The largest absolute Gasteiger partial charge is 0.294 e. The number of amides is 3. The van der Waals surface area contributed by atoms with Crippen LogP contribution >= 0.6 is 11.6 Å². The maximum Gasteiger partial charge on any atom is 0.231 e. The fourth-order valence-electron chi connectivity index (χ4n) is 1.93. The third-order valence-corrected chi connectivity index (χ3v) is 3.17. The van der Waals surface area contributed by atoms with Gasteiger partial charge >= 0.3 is 0 Å². The van der Waals surface area contributed by atoms with Crippen LogP contribution in [0.1, 0.15) is 19.8 Å². The number of hydrogen-bond acceptors (Lipinski definition) is 3. The van der Waals surface area contributed by atoms with Crippen LogP contribution in [0.2, 0.25) is 5.02 Å². The molecule has 0 bridgehead atoms. The van der Waals surface area contributed by atoms with Crippen LogP contribution < -0.4 is 4.90 Å². The predicted octanol–water partition coefficient (Wildman–Crippen LogP) is 1.80. The lowest BCUT2D eigenvalue weighted by Crippen LogP contribution is -2.43. The van der Waals surface area contributed by atoms with Crippen molar-refractivity contribution in [3.05, 3.63) is 29.3 Å². The van der Waals surface area contributed by atoms with E-state index in [-0.39, 0.29) is 37.2 Å². The summed E-state index contributed by atoms with van der Waals surface area (Å²) in [5.41, 5.74) is 0.563. The number of likely N-dealkylation sites (tertiary alicyclic amines) is 1. The van der Waals surface area contributed by atoms with Crippen molar-refractivity contribution in [2.75, 3.05) is 11.6 Å². The van der Waals surface area contributed by atoms with Gasteiger partial charge < -0.3 is 0 Å². The van der Waals surface area contributed by atoms with Crippen LogP contribution in [0, 0.1) is 0 Å². The topological polar surface area (TPSA) is 57.7 Å². The van der Waals surface area contributed by atoms with Gasteiger partial charge in [-0.05, 0) is 18.2 Å². The van der Waals surface area contributed by atoms with Gasteiger partial charge in [-0.25, -0.2) is 0 Å². The molecule has 0 unspecified atom stereocenters. The SMILES string of the molecule is CC(=O)N(CN1C(=O)CCC1=O)c1cccc(Cl)c1. The fourth-order valence-corrected chi connectivity index (χ4v) is 2.11. The molecule has 0 radical (unpaired) electrons. The van der Waals surface area contributed by atoms with Gasteiger partial charge in [-0.2, -0.15) is 0 Å². The van der Waals surface area contributed by atoms with Gasteiger partial charge in [0.1, 0.15) is 6.67 Å². The van der Waals surface area contributed by atoms with Crippen LogP contribution in [-0.4, -0.2) is 29.3 Å². The molecule has 0 saturated carbocycles. The molecule has 1 aromatic rings. The highest BCUT2D eigenvalue weighted by atomic mass is 35.5. The van der Waals surface area contributed by atoms with Crippen LogP contribution in [0.15, 0.2) is 24.3 Å². The molecule has 3 amide bonds. The maximum atomic E-state index is 11.7. The highest BCUT2D eigenvalue weighted by molar-refractivity contribution is 6.30. The number of imide groups is 1. The lowest BCUT2D eigenvalue weighted by molar-refractivity contribution is -0.138. The lowest BCUT2D eigenvalue weighted by atomic mass is 10.3. The van der Waals surface area contributed by atoms with Gasteiger partial charge in [-0.15, -0.1) is 0 Å². The Hall–Kier alpha value is -1.88. The first-order chi connectivity index (χ1) is 8.99. The van der Waals surface area contributed by atoms with E-state index in [1.54, 1.807) is 24.3 Å². The summed E-state index contributed by atoms with van der Waals surface area (Å²) in [4.78, 5) is 37.3. The van der Waals surface area contributed by atoms with Crippen LogP contribution in [0.4, 0.5) is 5.69 Å². The summed E-state index contributed by atoms with van der Waals surface area (Å²) >= 11 is 5.88. The molecule has 5 nitrogen and oxygen atoms in total. The van der Waals surface area contributed by atoms with Gasteiger partial charge in [0.05, 0.1) is 0 Å². The van der Waals surface area contributed by atoms with Crippen molar-refractivity contribution >= 4 is 35.0 Å². The Bertz CT molecular complexity index is 528. The molecule has 2 rings (SSSR count). The number of hydrogen-bond donors (Lipinski definition) is 0. The van der Waals surface area contributed by atoms with E-state index in [0.717, 1.165) is 4.90 Å². The van der Waals surface area contributed by atoms with Crippen molar-refractivity contribution in [2.24, 2.45) is 0 Å². The minimum atomic E-state index is -0.255. The lowest BCUT2D eigenvalue weighted by Gasteiger charge is -2.26. The van der Waals surface area contributed by atoms with Crippen LogP contribution in [0.3, 0.4) is 0 Å². The Morgan fingerprint density at radius 1 is 1.32 bits per heavy atom. The Morgan fingerprint density at radius 2 is 1.95 bits per heavy atom. The van der Waals surface area contributed by atoms with E-state index in [2.05, 4.69) is 0 Å². The molecule has 0 atom stereocenters. The third-order valence-electron chi connectivity index (χ3n) is 2.94. The summed E-state index contributed by atoms with van der Waals surface area (Å²) in [6.07, 6.45) is 0.417. The zero-order valence-corrected chi connectivity index (χ0v) is 11.2. The molecule has 1 aliphatic rings. The highest BCUT2D eigenvalue weighted by Crippen LogP contribution is 2.21. The summed E-state index contributed by atoms with van der Waals surface area (Å²) in [6, 6.07) is 6.73. The standard InChI is InChI=1S/C13H13ClN2O3/c1-9(17)15(11-4-2-3-10(14)7-11)8-16-12(18)5-6-13(16)19/h2-4,7H,5-6,8H2,1H3. The number of carbonyl (C=O) groups excluding carboxylic acids is 3. The average Bonchev–Trinajstić information content (AvgIpc) is 2.66. The molecule has 0 spiro atoms. The first kappa shape index (κ1) is 13.5. The molecule has 0 aliphatic carbocycles. The van der Waals surface area contributed by atoms with Gasteiger partial charge in [0.15, 0.2) is 0 Å². The summed E-state index contributed by atoms with van der Waals surface area (Å²) < 4.78 is 0. The minimum absolute atomic E-state index is 0.0622. The Morgan fingerprint density at radius 3 is 2.47 bits per heavy atom. The van der Waals surface area contributed by atoms with Crippen molar-refractivity contribution in [3.8, 4) is 0 Å². The Kier molecular flexibility index (Phi) is 3.85. The first-order valence-corrected chi connectivity index (χ1v) is 6.23. The second-order valence-electron chi connectivity index (χ2n) is 4.28. The number of anilines is 1. The molecule has 1 heterocycles. The molecule has 19 heavy (non-hydrogen) atoms. The fraction of sp³-hybridized carbons (Fsp3) is 0.308. The zero-order valence-electron chi connectivity index (χ0n) is 10.4. The second kappa shape index (κ2) is 5.40. The molecular weight excluding hydrogens is 268 g/mol. The van der Waals surface area contributed by atoms with Gasteiger partial charge in [-0.3, -0.25) is 24.2 Å². The molecule has 1 aromatic carbocycles. The van der Waals surface area contributed by atoms with Crippen LogP contribution in [0.5, 0.6) is 0 Å². The molecule has 1 fully saturated rings. The minimum Gasteiger partial charge on any atom is -0.294 e. The van der Waals surface area contributed by atoms with Gasteiger partial charge in [0, 0.05) is 30.5 Å². The molecule has 1 aliphatic heterocycles. The summed E-state index contributed by atoms with van der Waals surface area (Å²) in [5.74, 6) is -0.758. The van der Waals surface area contributed by atoms with E-state index in [1.165, 1.54) is 11.8 Å². The maximum absolute atomic E-state index is 11.7.